The Hall–Kier alpha value is 0.0544. The zero-order chi connectivity index (χ0) is 26.9. The summed E-state index contributed by atoms with van der Waals surface area (Å²) in [5.41, 5.74) is 0.425. The van der Waals surface area contributed by atoms with Gasteiger partial charge >= 0.3 is 32.4 Å². The SMILES string of the molecule is C=C(C)C(=O)OCCC[Si](C)(C)O[Si](C)(C)O[SiH](C)O[Si](C)(C)O[Si](C)(C)CCCOCC1CO1. The molecule has 0 spiro atoms. The van der Waals surface area contributed by atoms with Crippen LogP contribution in [0.1, 0.15) is 19.8 Å². The minimum absolute atomic E-state index is 0.319. The van der Waals surface area contributed by atoms with Gasteiger partial charge in [0.2, 0.25) is 0 Å². The molecule has 0 radical (unpaired) electrons. The third-order valence-electron chi connectivity index (χ3n) is 5.22. The largest absolute Gasteiger partial charge is 0.462 e. The van der Waals surface area contributed by atoms with E-state index in [0.29, 0.717) is 24.9 Å². The van der Waals surface area contributed by atoms with Gasteiger partial charge in [-0.05, 0) is 90.8 Å². The van der Waals surface area contributed by atoms with Crippen molar-refractivity contribution in [2.45, 2.75) is 96.9 Å². The van der Waals surface area contributed by atoms with Gasteiger partial charge in [0.15, 0.2) is 16.6 Å². The Morgan fingerprint density at radius 2 is 1.37 bits per heavy atom. The van der Waals surface area contributed by atoms with Gasteiger partial charge in [0.25, 0.3) is 0 Å². The molecule has 0 aromatic carbocycles. The molecule has 35 heavy (non-hydrogen) atoms. The van der Waals surface area contributed by atoms with Crippen LogP contribution in [-0.4, -0.2) is 81.5 Å². The van der Waals surface area contributed by atoms with Crippen molar-refractivity contribution in [3.8, 4) is 0 Å². The normalized spacial score (nSPS) is 17.8. The second-order valence-corrected chi connectivity index (χ2v) is 29.8. The standard InChI is InChI=1S/C22H50O8Si5/c1-20(2)22(23)25-15-13-17-33(6,7)30-35(10,11)28-31(3)27-34(8,9)29-32(4,5)16-12-14-24-18-21-19-26-21/h21,31H,1,12-19H2,2-11H3. The summed E-state index contributed by atoms with van der Waals surface area (Å²) in [7, 11) is -10.5. The summed E-state index contributed by atoms with van der Waals surface area (Å²) in [5, 5.41) is 0. The minimum atomic E-state index is -2.37. The van der Waals surface area contributed by atoms with E-state index < -0.39 is 43.0 Å². The van der Waals surface area contributed by atoms with Gasteiger partial charge in [0, 0.05) is 12.2 Å². The van der Waals surface area contributed by atoms with Crippen LogP contribution in [-0.2, 0) is 35.5 Å². The molecule has 1 aliphatic heterocycles. The highest BCUT2D eigenvalue weighted by molar-refractivity contribution is 6.87. The molecule has 8 nitrogen and oxygen atoms in total. The number of hydrogen-bond donors (Lipinski definition) is 0. The number of carbonyl (C=O) groups is 1. The highest BCUT2D eigenvalue weighted by Crippen LogP contribution is 2.25. The fourth-order valence-electron chi connectivity index (χ4n) is 4.07. The summed E-state index contributed by atoms with van der Waals surface area (Å²) < 4.78 is 42.2. The summed E-state index contributed by atoms with van der Waals surface area (Å²) in [5.74, 6) is -0.336. The van der Waals surface area contributed by atoms with Crippen LogP contribution in [0.15, 0.2) is 12.2 Å². The third-order valence-corrected chi connectivity index (χ3v) is 23.9. The quantitative estimate of drug-likeness (QED) is 0.0689. The number of ether oxygens (including phenoxy) is 3. The molecule has 1 heterocycles. The molecular formula is C22H50O8Si5. The van der Waals surface area contributed by atoms with Crippen LogP contribution in [0.3, 0.4) is 0 Å². The Morgan fingerprint density at radius 3 is 1.80 bits per heavy atom. The lowest BCUT2D eigenvalue weighted by Crippen LogP contribution is -2.53. The van der Waals surface area contributed by atoms with Crippen molar-refractivity contribution in [1.82, 2.24) is 0 Å². The molecule has 2 unspecified atom stereocenters. The number of carbonyl (C=O) groups excluding carboxylic acids is 1. The predicted molar refractivity (Wildman–Crippen MR) is 152 cm³/mol. The molecule has 0 aromatic rings. The third kappa shape index (κ3) is 16.5. The molecule has 13 heteroatoms. The number of esters is 1. The molecule has 2 atom stereocenters. The first-order valence-electron chi connectivity index (χ1n) is 12.7. The van der Waals surface area contributed by atoms with Gasteiger partial charge in [0.1, 0.15) is 6.10 Å². The fourth-order valence-corrected chi connectivity index (χ4v) is 25.8. The van der Waals surface area contributed by atoms with E-state index in [-0.39, 0.29) is 5.97 Å². The molecule has 1 rings (SSSR count). The summed E-state index contributed by atoms with van der Waals surface area (Å²) in [6.45, 7) is 27.3. The lowest BCUT2D eigenvalue weighted by molar-refractivity contribution is -0.138. The summed E-state index contributed by atoms with van der Waals surface area (Å²) >= 11 is 0. The zero-order valence-corrected chi connectivity index (χ0v) is 28.9. The molecule has 1 saturated heterocycles. The molecular weight excluding hydrogens is 533 g/mol. The van der Waals surface area contributed by atoms with Crippen LogP contribution in [0.5, 0.6) is 0 Å². The van der Waals surface area contributed by atoms with Gasteiger partial charge < -0.3 is 30.7 Å². The molecule has 1 aliphatic rings. The lowest BCUT2D eigenvalue weighted by atomic mass is 10.4. The molecule has 206 valence electrons. The van der Waals surface area contributed by atoms with Gasteiger partial charge in [-0.1, -0.05) is 6.58 Å². The van der Waals surface area contributed by atoms with Crippen molar-refractivity contribution in [3.63, 3.8) is 0 Å². The van der Waals surface area contributed by atoms with Crippen LogP contribution < -0.4 is 0 Å². The van der Waals surface area contributed by atoms with Crippen molar-refractivity contribution in [2.24, 2.45) is 0 Å². The monoisotopic (exact) mass is 582 g/mol. The fraction of sp³-hybridized carbons (Fsp3) is 0.864. The first-order chi connectivity index (χ1) is 15.9. The van der Waals surface area contributed by atoms with E-state index >= 15 is 0 Å². The smallest absolute Gasteiger partial charge is 0.333 e. The number of rotatable bonds is 19. The Labute approximate surface area is 219 Å². The van der Waals surface area contributed by atoms with Crippen molar-refractivity contribution in [3.05, 3.63) is 12.2 Å². The van der Waals surface area contributed by atoms with Crippen LogP contribution in [0.25, 0.3) is 0 Å². The minimum Gasteiger partial charge on any atom is -0.462 e. The topological polar surface area (TPSA) is 85.0 Å². The van der Waals surface area contributed by atoms with Crippen LogP contribution in [0.4, 0.5) is 0 Å². The summed E-state index contributed by atoms with van der Waals surface area (Å²) in [6.07, 6.45) is 2.10. The van der Waals surface area contributed by atoms with Gasteiger partial charge in [0.05, 0.1) is 19.8 Å². The number of epoxide rings is 1. The Balaban J connectivity index is 2.41. The van der Waals surface area contributed by atoms with E-state index in [0.717, 1.165) is 38.1 Å². The van der Waals surface area contributed by atoms with Crippen LogP contribution >= 0.6 is 0 Å². The van der Waals surface area contributed by atoms with Crippen LogP contribution in [0, 0.1) is 0 Å². The first-order valence-corrected chi connectivity index (χ1v) is 26.7. The van der Waals surface area contributed by atoms with Gasteiger partial charge in [-0.25, -0.2) is 4.79 Å². The van der Waals surface area contributed by atoms with Crippen LogP contribution in [0.2, 0.25) is 71.0 Å². The lowest BCUT2D eigenvalue weighted by Gasteiger charge is -2.38. The molecule has 0 amide bonds. The highest BCUT2D eigenvalue weighted by Gasteiger charge is 2.40. The maximum Gasteiger partial charge on any atom is 0.333 e. The van der Waals surface area contributed by atoms with E-state index in [1.54, 1.807) is 6.92 Å². The second kappa shape index (κ2) is 14.3. The number of hydrogen-bond acceptors (Lipinski definition) is 8. The molecule has 0 aromatic heterocycles. The average molecular weight is 583 g/mol. The highest BCUT2D eigenvalue weighted by atomic mass is 28.5. The molecule has 0 saturated carbocycles. The average Bonchev–Trinajstić information content (AvgIpc) is 3.45. The molecule has 0 N–H and O–H groups in total. The Kier molecular flexibility index (Phi) is 13.5. The van der Waals surface area contributed by atoms with Crippen molar-refractivity contribution < 1.29 is 35.5 Å². The van der Waals surface area contributed by atoms with E-state index in [1.165, 1.54) is 0 Å². The Morgan fingerprint density at radius 1 is 0.914 bits per heavy atom. The summed E-state index contributed by atoms with van der Waals surface area (Å²) in [6, 6.07) is 1.94. The molecule has 1 fully saturated rings. The molecule has 0 bridgehead atoms. The van der Waals surface area contributed by atoms with Crippen molar-refractivity contribution >= 4 is 49.0 Å². The Bertz CT molecular complexity index is 683. The van der Waals surface area contributed by atoms with Crippen molar-refractivity contribution in [1.29, 1.82) is 0 Å². The molecule has 0 aliphatic carbocycles. The second-order valence-electron chi connectivity index (χ2n) is 11.5. The zero-order valence-electron chi connectivity index (χ0n) is 23.8. The van der Waals surface area contributed by atoms with Gasteiger partial charge in [-0.15, -0.1) is 0 Å². The van der Waals surface area contributed by atoms with E-state index in [9.17, 15) is 4.79 Å². The maximum atomic E-state index is 11.5. The maximum absolute atomic E-state index is 11.5. The van der Waals surface area contributed by atoms with E-state index in [4.69, 9.17) is 30.7 Å². The van der Waals surface area contributed by atoms with Crippen molar-refractivity contribution in [2.75, 3.05) is 26.4 Å². The van der Waals surface area contributed by atoms with Gasteiger partial charge in [-0.2, -0.15) is 0 Å². The van der Waals surface area contributed by atoms with E-state index in [1.807, 2.05) is 0 Å². The first kappa shape index (κ1) is 33.1. The summed E-state index contributed by atoms with van der Waals surface area (Å²) in [4.78, 5) is 11.5. The van der Waals surface area contributed by atoms with Gasteiger partial charge in [-0.3, -0.25) is 0 Å². The predicted octanol–water partition coefficient (Wildman–Crippen LogP) is 5.03. The van der Waals surface area contributed by atoms with E-state index in [2.05, 4.69) is 65.5 Å².